The van der Waals surface area contributed by atoms with Crippen LogP contribution in [-0.2, 0) is 0 Å². The van der Waals surface area contributed by atoms with E-state index in [1.807, 2.05) is 18.2 Å². The summed E-state index contributed by atoms with van der Waals surface area (Å²) in [5, 5.41) is 11.0. The molecule has 0 fully saturated rings. The zero-order valence-corrected chi connectivity index (χ0v) is 6.10. The molecular weight excluding hydrogens is 138 g/mol. The van der Waals surface area contributed by atoms with E-state index in [4.69, 9.17) is 0 Å². The van der Waals surface area contributed by atoms with Crippen molar-refractivity contribution in [3.8, 4) is 0 Å². The van der Waals surface area contributed by atoms with Crippen LogP contribution in [0.2, 0.25) is 0 Å². The Balaban J connectivity index is 2.94. The van der Waals surface area contributed by atoms with Crippen LogP contribution in [0.3, 0.4) is 0 Å². The van der Waals surface area contributed by atoms with Gasteiger partial charge in [-0.1, -0.05) is 24.8 Å². The van der Waals surface area contributed by atoms with Gasteiger partial charge in [0.05, 0.1) is 0 Å². The predicted molar refractivity (Wildman–Crippen MR) is 46.0 cm³/mol. The maximum Gasteiger partial charge on any atom is 0.216 e. The minimum Gasteiger partial charge on any atom is -0.618 e. The summed E-state index contributed by atoms with van der Waals surface area (Å²) < 4.78 is 0.771. The molecule has 0 aliphatic carbocycles. The van der Waals surface area contributed by atoms with Gasteiger partial charge in [-0.3, -0.25) is 0 Å². The topological polar surface area (TPSA) is 26.1 Å². The van der Waals surface area contributed by atoms with Gasteiger partial charge in [-0.15, -0.1) is 0 Å². The molecule has 0 radical (unpaired) electrons. The quantitative estimate of drug-likeness (QED) is 0.272. The van der Waals surface area contributed by atoms with E-state index in [0.29, 0.717) is 5.69 Å². The molecule has 11 heavy (non-hydrogen) atoms. The molecular formula is C9H9NO. The van der Waals surface area contributed by atoms with Crippen LogP contribution < -0.4 is 0 Å². The first-order valence-corrected chi connectivity index (χ1v) is 3.32. The fourth-order valence-corrected chi connectivity index (χ4v) is 0.757. The maximum atomic E-state index is 11.0. The smallest absolute Gasteiger partial charge is 0.216 e. The lowest BCUT2D eigenvalue weighted by Crippen LogP contribution is -1.93. The van der Waals surface area contributed by atoms with E-state index in [-0.39, 0.29) is 0 Å². The lowest BCUT2D eigenvalue weighted by atomic mass is 10.3. The van der Waals surface area contributed by atoms with Gasteiger partial charge in [-0.05, 0) is 6.08 Å². The summed E-state index contributed by atoms with van der Waals surface area (Å²) in [4.78, 5) is 0. The van der Waals surface area contributed by atoms with Crippen molar-refractivity contribution in [1.82, 2.24) is 0 Å². The molecule has 0 spiro atoms. The number of para-hydroxylation sites is 1. The highest BCUT2D eigenvalue weighted by Crippen LogP contribution is 2.07. The summed E-state index contributed by atoms with van der Waals surface area (Å²) in [5.41, 5.74) is 0.618. The van der Waals surface area contributed by atoms with Crippen LogP contribution in [0.25, 0.3) is 0 Å². The molecule has 0 aliphatic heterocycles. The number of benzene rings is 1. The molecule has 1 rings (SSSR count). The standard InChI is InChI=1S/C9H9NO/c1-2-8-10(11)9-6-4-3-5-7-9/h2-8H,1H2/b10-8-. The summed E-state index contributed by atoms with van der Waals surface area (Å²) in [6.45, 7) is 3.43. The van der Waals surface area contributed by atoms with Crippen molar-refractivity contribution in [2.45, 2.75) is 0 Å². The molecule has 1 aromatic rings. The first-order chi connectivity index (χ1) is 5.34. The number of rotatable bonds is 2. The number of nitrogens with zero attached hydrogens (tertiary/aromatic N) is 1. The summed E-state index contributed by atoms with van der Waals surface area (Å²) in [6.07, 6.45) is 2.83. The second-order valence-corrected chi connectivity index (χ2v) is 2.05. The highest BCUT2D eigenvalue weighted by Gasteiger charge is 1.94. The Morgan fingerprint density at radius 2 is 1.91 bits per heavy atom. The molecule has 0 amide bonds. The average molecular weight is 147 g/mol. The monoisotopic (exact) mass is 147 g/mol. The third-order valence-corrected chi connectivity index (χ3v) is 1.25. The second-order valence-electron chi connectivity index (χ2n) is 2.05. The van der Waals surface area contributed by atoms with Crippen LogP contribution in [0.4, 0.5) is 5.69 Å². The van der Waals surface area contributed by atoms with Gasteiger partial charge in [0.2, 0.25) is 5.69 Å². The highest BCUT2D eigenvalue weighted by molar-refractivity contribution is 5.66. The minimum absolute atomic E-state index is 0.618. The Hall–Kier alpha value is -1.57. The third kappa shape index (κ3) is 1.93. The van der Waals surface area contributed by atoms with E-state index in [0.717, 1.165) is 4.74 Å². The largest absolute Gasteiger partial charge is 0.618 e. The van der Waals surface area contributed by atoms with Crippen molar-refractivity contribution in [2.24, 2.45) is 0 Å². The molecule has 0 unspecified atom stereocenters. The molecule has 2 heteroatoms. The molecule has 1 aromatic carbocycles. The van der Waals surface area contributed by atoms with Crippen LogP contribution >= 0.6 is 0 Å². The molecule has 0 bridgehead atoms. The predicted octanol–water partition coefficient (Wildman–Crippen LogP) is 2.09. The van der Waals surface area contributed by atoms with E-state index in [2.05, 4.69) is 6.58 Å². The summed E-state index contributed by atoms with van der Waals surface area (Å²) in [7, 11) is 0. The molecule has 0 heterocycles. The van der Waals surface area contributed by atoms with Crippen LogP contribution in [0.15, 0.2) is 43.0 Å². The van der Waals surface area contributed by atoms with Gasteiger partial charge in [0.1, 0.15) is 0 Å². The summed E-state index contributed by atoms with van der Waals surface area (Å²) in [6, 6.07) is 8.99. The van der Waals surface area contributed by atoms with E-state index in [1.165, 1.54) is 12.3 Å². The Labute approximate surface area is 65.7 Å². The Morgan fingerprint density at radius 1 is 1.27 bits per heavy atom. The van der Waals surface area contributed by atoms with Crippen molar-refractivity contribution in [3.63, 3.8) is 0 Å². The summed E-state index contributed by atoms with van der Waals surface area (Å²) in [5.74, 6) is 0. The van der Waals surface area contributed by atoms with E-state index < -0.39 is 0 Å². The van der Waals surface area contributed by atoms with Gasteiger partial charge in [0.25, 0.3) is 0 Å². The SMILES string of the molecule is C=C/C=[N+](\[O-])c1ccccc1. The van der Waals surface area contributed by atoms with Crippen molar-refractivity contribution >= 4 is 11.9 Å². The van der Waals surface area contributed by atoms with Gasteiger partial charge in [-0.25, -0.2) is 0 Å². The van der Waals surface area contributed by atoms with E-state index >= 15 is 0 Å². The first-order valence-electron chi connectivity index (χ1n) is 3.32. The average Bonchev–Trinajstić information content (AvgIpc) is 2.07. The molecule has 0 atom stereocenters. The number of allylic oxidation sites excluding steroid dienone is 1. The lowest BCUT2D eigenvalue weighted by Gasteiger charge is -1.99. The van der Waals surface area contributed by atoms with E-state index in [1.54, 1.807) is 12.1 Å². The molecule has 0 saturated heterocycles. The molecule has 0 N–H and O–H groups in total. The lowest BCUT2D eigenvalue weighted by molar-refractivity contribution is -0.354. The molecule has 0 aliphatic rings. The van der Waals surface area contributed by atoms with Crippen molar-refractivity contribution < 1.29 is 4.74 Å². The van der Waals surface area contributed by atoms with Gasteiger partial charge >= 0.3 is 0 Å². The number of hydrogen-bond donors (Lipinski definition) is 0. The normalized spacial score (nSPS) is 11.1. The zero-order chi connectivity index (χ0) is 8.10. The summed E-state index contributed by atoms with van der Waals surface area (Å²) >= 11 is 0. The van der Waals surface area contributed by atoms with Gasteiger partial charge in [-0.2, -0.15) is 4.74 Å². The van der Waals surface area contributed by atoms with Gasteiger partial charge < -0.3 is 5.21 Å². The van der Waals surface area contributed by atoms with Crippen molar-refractivity contribution in [1.29, 1.82) is 0 Å². The van der Waals surface area contributed by atoms with Crippen LogP contribution in [0, 0.1) is 5.21 Å². The number of hydrogen-bond acceptors (Lipinski definition) is 1. The molecule has 0 saturated carbocycles. The van der Waals surface area contributed by atoms with Crippen LogP contribution in [0.1, 0.15) is 0 Å². The van der Waals surface area contributed by atoms with Crippen LogP contribution in [-0.4, -0.2) is 11.0 Å². The van der Waals surface area contributed by atoms with Gasteiger partial charge in [0.15, 0.2) is 6.21 Å². The van der Waals surface area contributed by atoms with Crippen molar-refractivity contribution in [2.75, 3.05) is 0 Å². The van der Waals surface area contributed by atoms with E-state index in [9.17, 15) is 5.21 Å². The highest BCUT2D eigenvalue weighted by atomic mass is 16.5. The van der Waals surface area contributed by atoms with Gasteiger partial charge in [0, 0.05) is 12.1 Å². The minimum atomic E-state index is 0.618. The van der Waals surface area contributed by atoms with Crippen LogP contribution in [0.5, 0.6) is 0 Å². The first kappa shape index (κ1) is 7.54. The third-order valence-electron chi connectivity index (χ3n) is 1.25. The Bertz CT molecular complexity index is 264. The molecule has 2 nitrogen and oxygen atoms in total. The zero-order valence-electron chi connectivity index (χ0n) is 6.10. The fourth-order valence-electron chi connectivity index (χ4n) is 0.757. The Kier molecular flexibility index (Phi) is 2.44. The fraction of sp³-hybridized carbons (Fsp3) is 0. The van der Waals surface area contributed by atoms with Crippen molar-refractivity contribution in [3.05, 3.63) is 48.2 Å². The molecule has 0 aromatic heterocycles. The second kappa shape index (κ2) is 3.56. The maximum absolute atomic E-state index is 11.0. The molecule has 56 valence electrons. The Morgan fingerprint density at radius 3 is 2.45 bits per heavy atom.